The third-order valence-electron chi connectivity index (χ3n) is 3.52. The average Bonchev–Trinajstić information content (AvgIpc) is 2.52. The first-order valence-electron chi connectivity index (χ1n) is 7.81. The van der Waals surface area contributed by atoms with E-state index in [4.69, 9.17) is 4.74 Å². The van der Waals surface area contributed by atoms with Gasteiger partial charge in [0.25, 0.3) is 0 Å². The van der Waals surface area contributed by atoms with E-state index in [-0.39, 0.29) is 35.4 Å². The molecular weight excluding hydrogens is 326 g/mol. The minimum Gasteiger partial charge on any atom is -0.462 e. The highest BCUT2D eigenvalue weighted by molar-refractivity contribution is 8.00. The Morgan fingerprint density at radius 2 is 2.08 bits per heavy atom. The number of esters is 1. The summed E-state index contributed by atoms with van der Waals surface area (Å²) in [5.74, 6) is -0.104. The number of pyridine rings is 1. The number of nitrogens with zero attached hydrogens (tertiary/aromatic N) is 2. The second-order valence-corrected chi connectivity index (χ2v) is 6.66. The van der Waals surface area contributed by atoms with Crippen LogP contribution >= 0.6 is 11.8 Å². The van der Waals surface area contributed by atoms with Gasteiger partial charge in [0.15, 0.2) is 0 Å². The van der Waals surface area contributed by atoms with Crippen molar-refractivity contribution in [3.63, 3.8) is 0 Å². The molecule has 1 rings (SSSR count). The Morgan fingerprint density at radius 3 is 2.62 bits per heavy atom. The van der Waals surface area contributed by atoms with Gasteiger partial charge in [-0.1, -0.05) is 25.6 Å². The second kappa shape index (κ2) is 9.28. The molecule has 0 radical (unpaired) electrons. The molecule has 0 aliphatic heterocycles. The summed E-state index contributed by atoms with van der Waals surface area (Å²) in [6, 6.07) is 3.57. The van der Waals surface area contributed by atoms with Gasteiger partial charge in [-0.15, -0.1) is 0 Å². The average molecular weight is 349 g/mol. The molecule has 0 aromatic carbocycles. The fourth-order valence-electron chi connectivity index (χ4n) is 1.79. The maximum Gasteiger partial charge on any atom is 0.340 e. The summed E-state index contributed by atoms with van der Waals surface area (Å²) < 4.78 is 4.95. The first-order chi connectivity index (χ1) is 11.3. The highest BCUT2D eigenvalue weighted by atomic mass is 32.2. The molecule has 0 bridgehead atoms. The van der Waals surface area contributed by atoms with Crippen LogP contribution < -0.4 is 5.32 Å². The zero-order valence-corrected chi connectivity index (χ0v) is 15.5. The molecule has 130 valence electrons. The Bertz CT molecular complexity index is 653. The fraction of sp³-hybridized carbons (Fsp3) is 0.529. The maximum absolute atomic E-state index is 12.0. The number of thioether (sulfide) groups is 1. The van der Waals surface area contributed by atoms with Crippen molar-refractivity contribution in [2.75, 3.05) is 12.4 Å². The monoisotopic (exact) mass is 349 g/mol. The summed E-state index contributed by atoms with van der Waals surface area (Å²) in [5, 5.41) is 12.6. The summed E-state index contributed by atoms with van der Waals surface area (Å²) in [6.45, 7) is 9.66. The summed E-state index contributed by atoms with van der Waals surface area (Å²) in [7, 11) is 0. The molecule has 0 spiro atoms. The number of aryl methyl sites for hydroxylation is 1. The van der Waals surface area contributed by atoms with Gasteiger partial charge < -0.3 is 10.1 Å². The Morgan fingerprint density at radius 1 is 1.42 bits per heavy atom. The smallest absolute Gasteiger partial charge is 0.340 e. The van der Waals surface area contributed by atoms with Crippen molar-refractivity contribution >= 4 is 23.6 Å². The number of hydrogen-bond acceptors (Lipinski definition) is 6. The van der Waals surface area contributed by atoms with Crippen molar-refractivity contribution in [3.05, 3.63) is 22.9 Å². The minimum absolute atomic E-state index is 0.0782. The van der Waals surface area contributed by atoms with Crippen LogP contribution in [-0.2, 0) is 9.53 Å². The highest BCUT2D eigenvalue weighted by Crippen LogP contribution is 2.23. The molecule has 1 aromatic heterocycles. The van der Waals surface area contributed by atoms with E-state index in [0.29, 0.717) is 16.6 Å². The van der Waals surface area contributed by atoms with E-state index in [9.17, 15) is 14.9 Å². The summed E-state index contributed by atoms with van der Waals surface area (Å²) >= 11 is 1.18. The Kier molecular flexibility index (Phi) is 7.72. The van der Waals surface area contributed by atoms with Gasteiger partial charge in [-0.3, -0.25) is 4.79 Å². The lowest BCUT2D eigenvalue weighted by Gasteiger charge is -2.17. The van der Waals surface area contributed by atoms with Gasteiger partial charge in [0, 0.05) is 6.04 Å². The number of nitrogens with one attached hydrogen (secondary N) is 1. The molecule has 0 unspecified atom stereocenters. The van der Waals surface area contributed by atoms with Crippen molar-refractivity contribution in [2.24, 2.45) is 5.92 Å². The number of nitriles is 1. The standard InChI is InChI=1S/C17H23N3O3S/c1-6-23-17(22)14-7-13(8-18)16(20-12(14)5)24-9-15(21)19-11(4)10(2)3/h7,10-11H,6,9H2,1-5H3,(H,19,21)/t11-/m0/s1. The third-order valence-corrected chi connectivity index (χ3v) is 4.51. The van der Waals surface area contributed by atoms with Crippen LogP contribution in [-0.4, -0.2) is 35.3 Å². The van der Waals surface area contributed by atoms with Gasteiger partial charge in [0.2, 0.25) is 5.91 Å². The maximum atomic E-state index is 12.0. The molecule has 0 aliphatic carbocycles. The molecule has 1 N–H and O–H groups in total. The quantitative estimate of drug-likeness (QED) is 0.601. The molecule has 0 saturated carbocycles. The molecule has 24 heavy (non-hydrogen) atoms. The fourth-order valence-corrected chi connectivity index (χ4v) is 2.60. The van der Waals surface area contributed by atoms with Crippen LogP contribution in [0.3, 0.4) is 0 Å². The number of rotatable bonds is 7. The SMILES string of the molecule is CCOC(=O)c1cc(C#N)c(SCC(=O)N[C@@H](C)C(C)C)nc1C. The molecular formula is C17H23N3O3S. The van der Waals surface area contributed by atoms with E-state index in [1.807, 2.05) is 26.8 Å². The summed E-state index contributed by atoms with van der Waals surface area (Å²) in [5.41, 5.74) is 1.01. The minimum atomic E-state index is -0.501. The normalized spacial score (nSPS) is 11.7. The van der Waals surface area contributed by atoms with Gasteiger partial charge in [-0.05, 0) is 32.8 Å². The van der Waals surface area contributed by atoms with Crippen LogP contribution in [0.25, 0.3) is 0 Å². The van der Waals surface area contributed by atoms with Crippen LogP contribution in [0.2, 0.25) is 0 Å². The van der Waals surface area contributed by atoms with Crippen LogP contribution in [0.15, 0.2) is 11.1 Å². The molecule has 0 saturated heterocycles. The van der Waals surface area contributed by atoms with E-state index in [1.165, 1.54) is 17.8 Å². The molecule has 1 amide bonds. The first kappa shape index (κ1) is 20.0. The van der Waals surface area contributed by atoms with Gasteiger partial charge in [0.1, 0.15) is 11.1 Å². The zero-order valence-electron chi connectivity index (χ0n) is 14.7. The molecule has 6 nitrogen and oxygen atoms in total. The van der Waals surface area contributed by atoms with Crippen LogP contribution in [0.1, 0.15) is 49.3 Å². The Hall–Kier alpha value is -2.07. The molecule has 7 heteroatoms. The van der Waals surface area contributed by atoms with E-state index in [2.05, 4.69) is 10.3 Å². The zero-order chi connectivity index (χ0) is 18.3. The molecule has 1 atom stereocenters. The van der Waals surface area contributed by atoms with Gasteiger partial charge in [0.05, 0.1) is 29.2 Å². The lowest BCUT2D eigenvalue weighted by molar-refractivity contribution is -0.119. The molecule has 1 heterocycles. The van der Waals surface area contributed by atoms with Crippen LogP contribution in [0, 0.1) is 24.2 Å². The molecule has 0 aliphatic rings. The van der Waals surface area contributed by atoms with Crippen molar-refractivity contribution in [2.45, 2.75) is 45.7 Å². The largest absolute Gasteiger partial charge is 0.462 e. The van der Waals surface area contributed by atoms with Crippen molar-refractivity contribution in [1.82, 2.24) is 10.3 Å². The predicted molar refractivity (Wildman–Crippen MR) is 92.8 cm³/mol. The Labute approximate surface area is 147 Å². The number of carbonyl (C=O) groups excluding carboxylic acids is 2. The number of aromatic nitrogens is 1. The van der Waals surface area contributed by atoms with E-state index in [0.717, 1.165) is 0 Å². The second-order valence-electron chi connectivity index (χ2n) is 5.70. The highest BCUT2D eigenvalue weighted by Gasteiger charge is 2.17. The number of hydrogen-bond donors (Lipinski definition) is 1. The lowest BCUT2D eigenvalue weighted by Crippen LogP contribution is -2.37. The van der Waals surface area contributed by atoms with Crippen molar-refractivity contribution in [3.8, 4) is 6.07 Å². The number of ether oxygens (including phenoxy) is 1. The van der Waals surface area contributed by atoms with Crippen LogP contribution in [0.5, 0.6) is 0 Å². The van der Waals surface area contributed by atoms with Gasteiger partial charge >= 0.3 is 5.97 Å². The summed E-state index contributed by atoms with van der Waals surface area (Å²) in [6.07, 6.45) is 0. The Balaban J connectivity index is 2.86. The topological polar surface area (TPSA) is 92.1 Å². The third kappa shape index (κ3) is 5.53. The van der Waals surface area contributed by atoms with Gasteiger partial charge in [-0.2, -0.15) is 5.26 Å². The van der Waals surface area contributed by atoms with E-state index in [1.54, 1.807) is 13.8 Å². The van der Waals surface area contributed by atoms with Crippen LogP contribution in [0.4, 0.5) is 0 Å². The van der Waals surface area contributed by atoms with Crippen molar-refractivity contribution < 1.29 is 14.3 Å². The van der Waals surface area contributed by atoms with E-state index >= 15 is 0 Å². The predicted octanol–water partition coefficient (Wildman–Crippen LogP) is 2.69. The van der Waals surface area contributed by atoms with Crippen molar-refractivity contribution in [1.29, 1.82) is 5.26 Å². The summed E-state index contributed by atoms with van der Waals surface area (Å²) in [4.78, 5) is 28.1. The first-order valence-corrected chi connectivity index (χ1v) is 8.79. The van der Waals surface area contributed by atoms with Gasteiger partial charge in [-0.25, -0.2) is 9.78 Å². The van der Waals surface area contributed by atoms with E-state index < -0.39 is 5.97 Å². The number of amides is 1. The molecule has 0 fully saturated rings. The molecule has 1 aromatic rings. The number of carbonyl (C=O) groups is 2. The lowest BCUT2D eigenvalue weighted by atomic mass is 10.1.